The standard InChI is InChI=1S/C15H23N5/c1-5-16-13(15-12(4)7-6-8-17-15)9-14-18-10-19-20(14)11(2)3/h6-8,10-11,13,16H,5,9H2,1-4H3. The first kappa shape index (κ1) is 14.7. The highest BCUT2D eigenvalue weighted by atomic mass is 15.3. The summed E-state index contributed by atoms with van der Waals surface area (Å²) >= 11 is 0. The maximum atomic E-state index is 4.53. The monoisotopic (exact) mass is 273 g/mol. The quantitative estimate of drug-likeness (QED) is 0.878. The second kappa shape index (κ2) is 6.61. The van der Waals surface area contributed by atoms with Gasteiger partial charge in [-0.2, -0.15) is 5.10 Å². The van der Waals surface area contributed by atoms with E-state index in [4.69, 9.17) is 0 Å². The fourth-order valence-corrected chi connectivity index (χ4v) is 2.41. The Morgan fingerprint density at radius 3 is 2.75 bits per heavy atom. The third-order valence-electron chi connectivity index (χ3n) is 3.35. The lowest BCUT2D eigenvalue weighted by Crippen LogP contribution is -2.26. The van der Waals surface area contributed by atoms with Gasteiger partial charge >= 0.3 is 0 Å². The van der Waals surface area contributed by atoms with E-state index < -0.39 is 0 Å². The van der Waals surface area contributed by atoms with Gasteiger partial charge in [0.05, 0.1) is 11.7 Å². The Hall–Kier alpha value is -1.75. The lowest BCUT2D eigenvalue weighted by molar-refractivity contribution is 0.463. The Bertz CT molecular complexity index is 547. The molecule has 1 unspecified atom stereocenters. The Labute approximate surface area is 120 Å². The van der Waals surface area contributed by atoms with Gasteiger partial charge < -0.3 is 5.32 Å². The van der Waals surface area contributed by atoms with Gasteiger partial charge in [-0.25, -0.2) is 9.67 Å². The highest BCUT2D eigenvalue weighted by Crippen LogP contribution is 2.19. The maximum absolute atomic E-state index is 4.53. The van der Waals surface area contributed by atoms with Crippen LogP contribution in [0.1, 0.15) is 49.9 Å². The fraction of sp³-hybridized carbons (Fsp3) is 0.533. The molecule has 2 aromatic rings. The molecule has 5 heteroatoms. The zero-order valence-corrected chi connectivity index (χ0v) is 12.7. The molecule has 0 aromatic carbocycles. The van der Waals surface area contributed by atoms with E-state index in [0.717, 1.165) is 24.5 Å². The number of likely N-dealkylation sites (N-methyl/N-ethyl adjacent to an activating group) is 1. The van der Waals surface area contributed by atoms with Gasteiger partial charge in [0.25, 0.3) is 0 Å². The number of nitrogens with zero attached hydrogens (tertiary/aromatic N) is 4. The van der Waals surface area contributed by atoms with Crippen LogP contribution in [0, 0.1) is 6.92 Å². The Morgan fingerprint density at radius 2 is 2.10 bits per heavy atom. The molecule has 0 aliphatic carbocycles. The predicted molar refractivity (Wildman–Crippen MR) is 79.5 cm³/mol. The van der Waals surface area contributed by atoms with Gasteiger partial charge in [0.1, 0.15) is 12.2 Å². The minimum Gasteiger partial charge on any atom is -0.309 e. The van der Waals surface area contributed by atoms with Crippen molar-refractivity contribution in [3.05, 3.63) is 41.7 Å². The smallest absolute Gasteiger partial charge is 0.138 e. The minimum absolute atomic E-state index is 0.169. The first-order valence-corrected chi connectivity index (χ1v) is 7.16. The van der Waals surface area contributed by atoms with Gasteiger partial charge in [-0.3, -0.25) is 4.98 Å². The van der Waals surface area contributed by atoms with Crippen LogP contribution in [-0.4, -0.2) is 26.3 Å². The molecule has 2 aromatic heterocycles. The molecular weight excluding hydrogens is 250 g/mol. The van der Waals surface area contributed by atoms with E-state index in [-0.39, 0.29) is 6.04 Å². The average Bonchev–Trinajstić information content (AvgIpc) is 2.87. The van der Waals surface area contributed by atoms with Crippen molar-refractivity contribution in [2.45, 2.75) is 46.2 Å². The summed E-state index contributed by atoms with van der Waals surface area (Å²) in [5.74, 6) is 0.996. The molecule has 0 saturated carbocycles. The number of rotatable bonds is 6. The summed E-state index contributed by atoms with van der Waals surface area (Å²) in [4.78, 5) is 8.93. The summed E-state index contributed by atoms with van der Waals surface area (Å²) < 4.78 is 1.97. The van der Waals surface area contributed by atoms with Crippen molar-refractivity contribution >= 4 is 0 Å². The summed E-state index contributed by atoms with van der Waals surface area (Å²) in [6.45, 7) is 9.34. The lowest BCUT2D eigenvalue weighted by Gasteiger charge is -2.19. The zero-order valence-electron chi connectivity index (χ0n) is 12.7. The zero-order chi connectivity index (χ0) is 14.5. The molecule has 0 aliphatic heterocycles. The van der Waals surface area contributed by atoms with Crippen LogP contribution in [-0.2, 0) is 6.42 Å². The van der Waals surface area contributed by atoms with Crippen molar-refractivity contribution in [3.8, 4) is 0 Å². The van der Waals surface area contributed by atoms with Crippen LogP contribution < -0.4 is 5.32 Å². The molecule has 108 valence electrons. The van der Waals surface area contributed by atoms with Gasteiger partial charge in [-0.05, 0) is 38.9 Å². The SMILES string of the molecule is CCNC(Cc1ncnn1C(C)C)c1ncccc1C. The molecule has 1 atom stereocenters. The molecule has 0 aliphatic rings. The fourth-order valence-electron chi connectivity index (χ4n) is 2.41. The number of aryl methyl sites for hydroxylation is 1. The van der Waals surface area contributed by atoms with Crippen molar-refractivity contribution in [2.24, 2.45) is 0 Å². The lowest BCUT2D eigenvalue weighted by atomic mass is 10.0. The molecule has 5 nitrogen and oxygen atoms in total. The van der Waals surface area contributed by atoms with Crippen molar-refractivity contribution in [1.29, 1.82) is 0 Å². The van der Waals surface area contributed by atoms with E-state index in [2.05, 4.69) is 54.1 Å². The molecule has 2 rings (SSSR count). The number of aromatic nitrogens is 4. The highest BCUT2D eigenvalue weighted by molar-refractivity contribution is 5.22. The second-order valence-electron chi connectivity index (χ2n) is 5.23. The molecule has 0 fully saturated rings. The Balaban J connectivity index is 2.26. The molecular formula is C15H23N5. The van der Waals surface area contributed by atoms with Crippen LogP contribution in [0.5, 0.6) is 0 Å². The predicted octanol–water partition coefficient (Wildman–Crippen LogP) is 2.46. The average molecular weight is 273 g/mol. The van der Waals surface area contributed by atoms with E-state index in [9.17, 15) is 0 Å². The molecule has 0 amide bonds. The van der Waals surface area contributed by atoms with E-state index in [0.29, 0.717) is 6.04 Å². The second-order valence-corrected chi connectivity index (χ2v) is 5.23. The minimum atomic E-state index is 0.169. The highest BCUT2D eigenvalue weighted by Gasteiger charge is 2.18. The van der Waals surface area contributed by atoms with Crippen LogP contribution in [0.15, 0.2) is 24.7 Å². The van der Waals surface area contributed by atoms with Gasteiger partial charge in [0.15, 0.2) is 0 Å². The molecule has 2 heterocycles. The molecule has 0 radical (unpaired) electrons. The molecule has 0 spiro atoms. The van der Waals surface area contributed by atoms with E-state index >= 15 is 0 Å². The van der Waals surface area contributed by atoms with Gasteiger partial charge in [0, 0.05) is 18.7 Å². The van der Waals surface area contributed by atoms with Crippen LogP contribution in [0.4, 0.5) is 0 Å². The van der Waals surface area contributed by atoms with Gasteiger partial charge in [0.2, 0.25) is 0 Å². The van der Waals surface area contributed by atoms with Crippen LogP contribution in [0.3, 0.4) is 0 Å². The molecule has 20 heavy (non-hydrogen) atoms. The van der Waals surface area contributed by atoms with Crippen molar-refractivity contribution in [2.75, 3.05) is 6.54 Å². The number of nitrogens with one attached hydrogen (secondary N) is 1. The Kier molecular flexibility index (Phi) is 4.84. The van der Waals surface area contributed by atoms with Crippen LogP contribution in [0.2, 0.25) is 0 Å². The molecule has 0 bridgehead atoms. The van der Waals surface area contributed by atoms with E-state index in [1.807, 2.05) is 16.9 Å². The van der Waals surface area contributed by atoms with Crippen molar-refractivity contribution in [3.63, 3.8) is 0 Å². The van der Waals surface area contributed by atoms with Crippen molar-refractivity contribution < 1.29 is 0 Å². The largest absolute Gasteiger partial charge is 0.309 e. The van der Waals surface area contributed by atoms with Crippen LogP contribution >= 0.6 is 0 Å². The van der Waals surface area contributed by atoms with E-state index in [1.54, 1.807) is 6.33 Å². The first-order valence-electron chi connectivity index (χ1n) is 7.16. The summed E-state index contributed by atoms with van der Waals surface area (Å²) in [5.41, 5.74) is 2.29. The number of hydrogen-bond acceptors (Lipinski definition) is 4. The van der Waals surface area contributed by atoms with E-state index in [1.165, 1.54) is 5.56 Å². The number of pyridine rings is 1. The molecule has 0 saturated heterocycles. The summed E-state index contributed by atoms with van der Waals surface area (Å²) in [6.07, 6.45) is 4.27. The number of hydrogen-bond donors (Lipinski definition) is 1. The van der Waals surface area contributed by atoms with Crippen LogP contribution in [0.25, 0.3) is 0 Å². The normalized spacial score (nSPS) is 12.8. The Morgan fingerprint density at radius 1 is 1.30 bits per heavy atom. The third kappa shape index (κ3) is 3.22. The first-order chi connectivity index (χ1) is 9.63. The third-order valence-corrected chi connectivity index (χ3v) is 3.35. The molecule has 1 N–H and O–H groups in total. The van der Waals surface area contributed by atoms with Gasteiger partial charge in [-0.1, -0.05) is 13.0 Å². The topological polar surface area (TPSA) is 55.6 Å². The maximum Gasteiger partial charge on any atom is 0.138 e. The van der Waals surface area contributed by atoms with Crippen molar-refractivity contribution in [1.82, 2.24) is 25.1 Å². The van der Waals surface area contributed by atoms with Gasteiger partial charge in [-0.15, -0.1) is 0 Å². The summed E-state index contributed by atoms with van der Waals surface area (Å²) in [6, 6.07) is 4.56. The summed E-state index contributed by atoms with van der Waals surface area (Å²) in [5, 5.41) is 7.80. The summed E-state index contributed by atoms with van der Waals surface area (Å²) in [7, 11) is 0.